The van der Waals surface area contributed by atoms with Crippen LogP contribution in [0.3, 0.4) is 0 Å². The molecule has 0 atom stereocenters. The van der Waals surface area contributed by atoms with Gasteiger partial charge in [-0.2, -0.15) is 0 Å². The molecule has 0 saturated heterocycles. The largest absolute Gasteiger partial charge is 0.334 e. The van der Waals surface area contributed by atoms with E-state index in [0.29, 0.717) is 24.8 Å². The van der Waals surface area contributed by atoms with Gasteiger partial charge in [0, 0.05) is 25.7 Å². The van der Waals surface area contributed by atoms with Gasteiger partial charge < -0.3 is 14.0 Å². The summed E-state index contributed by atoms with van der Waals surface area (Å²) in [4.78, 5) is 20.0. The highest BCUT2D eigenvalue weighted by molar-refractivity contribution is 7.99. The van der Waals surface area contributed by atoms with Crippen LogP contribution in [-0.4, -0.2) is 47.4 Å². The molecule has 0 radical (unpaired) electrons. The van der Waals surface area contributed by atoms with E-state index in [4.69, 9.17) is 4.98 Å². The third-order valence-corrected chi connectivity index (χ3v) is 6.80. The van der Waals surface area contributed by atoms with Crippen LogP contribution in [0, 0.1) is 12.8 Å². The Balaban J connectivity index is 1.57. The number of thioether (sulfide) groups is 1. The molecule has 164 valence electrons. The molecule has 8 heteroatoms. The zero-order valence-electron chi connectivity index (χ0n) is 18.7. The lowest BCUT2D eigenvalue weighted by molar-refractivity contribution is -0.129. The van der Waals surface area contributed by atoms with E-state index < -0.39 is 0 Å². The van der Waals surface area contributed by atoms with E-state index in [1.807, 2.05) is 16.5 Å². The first-order valence-electron chi connectivity index (χ1n) is 10.8. The maximum absolute atomic E-state index is 12.9. The second-order valence-corrected chi connectivity index (χ2v) is 9.50. The monoisotopic (exact) mass is 438 g/mol. The van der Waals surface area contributed by atoms with Crippen molar-refractivity contribution >= 4 is 17.7 Å². The Bertz CT molecular complexity index is 1070. The molecule has 2 aromatic heterocycles. The number of carbonyl (C=O) groups is 1. The molecule has 0 fully saturated rings. The fourth-order valence-electron chi connectivity index (χ4n) is 3.92. The fourth-order valence-corrected chi connectivity index (χ4v) is 4.71. The number of aryl methyl sites for hydroxylation is 3. The van der Waals surface area contributed by atoms with Crippen molar-refractivity contribution in [2.75, 3.05) is 12.3 Å². The van der Waals surface area contributed by atoms with E-state index in [-0.39, 0.29) is 5.91 Å². The van der Waals surface area contributed by atoms with Gasteiger partial charge in [0.15, 0.2) is 5.16 Å². The van der Waals surface area contributed by atoms with Gasteiger partial charge in [-0.25, -0.2) is 4.98 Å². The van der Waals surface area contributed by atoms with Gasteiger partial charge in [-0.3, -0.25) is 4.79 Å². The molecule has 4 rings (SSSR count). The lowest BCUT2D eigenvalue weighted by Gasteiger charge is -2.29. The number of fused-ring (bicyclic) bond motifs is 1. The zero-order chi connectivity index (χ0) is 22.0. The molecule has 0 aliphatic carbocycles. The topological polar surface area (TPSA) is 68.8 Å². The van der Waals surface area contributed by atoms with E-state index in [2.05, 4.69) is 59.8 Å². The summed E-state index contributed by atoms with van der Waals surface area (Å²) in [7, 11) is 1.89. The molecule has 0 unspecified atom stereocenters. The minimum absolute atomic E-state index is 0.132. The summed E-state index contributed by atoms with van der Waals surface area (Å²) in [6, 6.07) is 8.41. The van der Waals surface area contributed by atoms with Crippen LogP contribution in [0.15, 0.2) is 35.7 Å². The van der Waals surface area contributed by atoms with E-state index in [1.54, 1.807) is 6.33 Å². The number of rotatable bonds is 7. The number of amides is 1. The van der Waals surface area contributed by atoms with Crippen LogP contribution < -0.4 is 0 Å². The van der Waals surface area contributed by atoms with Crippen molar-refractivity contribution in [2.45, 2.75) is 51.9 Å². The molecular weight excluding hydrogens is 408 g/mol. The quantitative estimate of drug-likeness (QED) is 0.526. The van der Waals surface area contributed by atoms with Crippen LogP contribution in [0.1, 0.15) is 37.2 Å². The van der Waals surface area contributed by atoms with Crippen LogP contribution in [0.5, 0.6) is 0 Å². The third-order valence-electron chi connectivity index (χ3n) is 5.78. The standard InChI is InChI=1S/C23H30N6OS/c1-16(2)9-10-19-20-13-28(21(30)14-31-23-26-24-15-27(23)4)11-12-29(20)22(25-19)18-8-6-5-7-17(18)3/h5-8,15-16H,9-14H2,1-4H3. The first kappa shape index (κ1) is 21.6. The van der Waals surface area contributed by atoms with Crippen molar-refractivity contribution in [3.05, 3.63) is 47.5 Å². The van der Waals surface area contributed by atoms with Crippen molar-refractivity contribution in [1.29, 1.82) is 0 Å². The number of hydrogen-bond donors (Lipinski definition) is 0. The van der Waals surface area contributed by atoms with Gasteiger partial charge in [0.25, 0.3) is 0 Å². The highest BCUT2D eigenvalue weighted by atomic mass is 32.2. The number of imidazole rings is 1. The van der Waals surface area contributed by atoms with E-state index in [1.165, 1.54) is 28.6 Å². The third kappa shape index (κ3) is 4.69. The van der Waals surface area contributed by atoms with Crippen molar-refractivity contribution in [2.24, 2.45) is 13.0 Å². The molecule has 7 nitrogen and oxygen atoms in total. The normalized spacial score (nSPS) is 13.6. The highest BCUT2D eigenvalue weighted by Crippen LogP contribution is 2.30. The van der Waals surface area contributed by atoms with E-state index in [0.717, 1.165) is 36.1 Å². The van der Waals surface area contributed by atoms with Gasteiger partial charge in [0.1, 0.15) is 12.2 Å². The van der Waals surface area contributed by atoms with Crippen molar-refractivity contribution in [1.82, 2.24) is 29.2 Å². The van der Waals surface area contributed by atoms with Gasteiger partial charge in [0.05, 0.1) is 23.7 Å². The molecule has 1 aliphatic heterocycles. The summed E-state index contributed by atoms with van der Waals surface area (Å²) in [6.45, 7) is 8.70. The summed E-state index contributed by atoms with van der Waals surface area (Å²) in [6.07, 6.45) is 3.68. The van der Waals surface area contributed by atoms with Crippen LogP contribution in [0.2, 0.25) is 0 Å². The molecule has 0 N–H and O–H groups in total. The average Bonchev–Trinajstić information content (AvgIpc) is 3.33. The van der Waals surface area contributed by atoms with Gasteiger partial charge in [-0.05, 0) is 31.2 Å². The van der Waals surface area contributed by atoms with Crippen molar-refractivity contribution in [3.63, 3.8) is 0 Å². The Kier molecular flexibility index (Phi) is 6.46. The predicted molar refractivity (Wildman–Crippen MR) is 123 cm³/mol. The van der Waals surface area contributed by atoms with Crippen LogP contribution >= 0.6 is 11.8 Å². The number of carbonyl (C=O) groups excluding carboxylic acids is 1. The van der Waals surface area contributed by atoms with Gasteiger partial charge in [0.2, 0.25) is 5.91 Å². The minimum Gasteiger partial charge on any atom is -0.334 e. The Morgan fingerprint density at radius 1 is 1.23 bits per heavy atom. The molecular formula is C23H30N6OS. The lowest BCUT2D eigenvalue weighted by Crippen LogP contribution is -2.39. The smallest absolute Gasteiger partial charge is 0.233 e. The molecule has 3 aromatic rings. The first-order chi connectivity index (χ1) is 14.9. The number of aromatic nitrogens is 5. The number of nitrogens with zero attached hydrogens (tertiary/aromatic N) is 6. The summed E-state index contributed by atoms with van der Waals surface area (Å²) in [5.74, 6) is 2.15. The van der Waals surface area contributed by atoms with Gasteiger partial charge in [-0.15, -0.1) is 10.2 Å². The molecule has 3 heterocycles. The molecule has 1 aromatic carbocycles. The van der Waals surface area contributed by atoms with Crippen LogP contribution in [0.25, 0.3) is 11.4 Å². The predicted octanol–water partition coefficient (Wildman–Crippen LogP) is 3.71. The Hall–Kier alpha value is -2.61. The maximum atomic E-state index is 12.9. The second-order valence-electron chi connectivity index (χ2n) is 8.56. The molecule has 31 heavy (non-hydrogen) atoms. The number of benzene rings is 1. The highest BCUT2D eigenvalue weighted by Gasteiger charge is 2.27. The number of hydrogen-bond acceptors (Lipinski definition) is 5. The Morgan fingerprint density at radius 3 is 2.74 bits per heavy atom. The molecule has 1 amide bonds. The SMILES string of the molecule is Cc1ccccc1-c1nc(CCC(C)C)c2n1CCN(C(=O)CSc1nncn1C)C2. The molecule has 0 bridgehead atoms. The summed E-state index contributed by atoms with van der Waals surface area (Å²) < 4.78 is 4.17. The van der Waals surface area contributed by atoms with E-state index in [9.17, 15) is 4.79 Å². The fraction of sp³-hybridized carbons (Fsp3) is 0.478. The van der Waals surface area contributed by atoms with Crippen LogP contribution in [0.4, 0.5) is 0 Å². The van der Waals surface area contributed by atoms with Gasteiger partial charge >= 0.3 is 0 Å². The average molecular weight is 439 g/mol. The van der Waals surface area contributed by atoms with Gasteiger partial charge in [-0.1, -0.05) is 49.9 Å². The second kappa shape index (κ2) is 9.26. The minimum atomic E-state index is 0.132. The summed E-state index contributed by atoms with van der Waals surface area (Å²) in [5.41, 5.74) is 4.72. The van der Waals surface area contributed by atoms with Crippen LogP contribution in [-0.2, 0) is 31.4 Å². The van der Waals surface area contributed by atoms with E-state index >= 15 is 0 Å². The summed E-state index contributed by atoms with van der Waals surface area (Å²) >= 11 is 1.43. The lowest BCUT2D eigenvalue weighted by atomic mass is 10.0. The Morgan fingerprint density at radius 2 is 2.03 bits per heavy atom. The first-order valence-corrected chi connectivity index (χ1v) is 11.8. The molecule has 1 aliphatic rings. The maximum Gasteiger partial charge on any atom is 0.233 e. The molecule has 0 saturated carbocycles. The van der Waals surface area contributed by atoms with Crippen molar-refractivity contribution in [3.8, 4) is 11.4 Å². The zero-order valence-corrected chi connectivity index (χ0v) is 19.5. The summed E-state index contributed by atoms with van der Waals surface area (Å²) in [5, 5.41) is 8.70. The molecule has 0 spiro atoms. The van der Waals surface area contributed by atoms with Crippen molar-refractivity contribution < 1.29 is 4.79 Å². The Labute approximate surface area is 187 Å².